The summed E-state index contributed by atoms with van der Waals surface area (Å²) in [6, 6.07) is 12.8. The van der Waals surface area contributed by atoms with Crippen LogP contribution in [0.25, 0.3) is 0 Å². The molecule has 0 aromatic heterocycles. The van der Waals surface area contributed by atoms with Crippen molar-refractivity contribution in [2.45, 2.75) is 32.5 Å². The van der Waals surface area contributed by atoms with Crippen molar-refractivity contribution in [3.63, 3.8) is 0 Å². The highest BCUT2D eigenvalue weighted by atomic mass is 16.5. The van der Waals surface area contributed by atoms with Gasteiger partial charge in [0.25, 0.3) is 0 Å². The first-order valence-corrected chi connectivity index (χ1v) is 9.96. The van der Waals surface area contributed by atoms with Crippen LogP contribution in [0.1, 0.15) is 25.0 Å². The molecule has 0 spiro atoms. The molecule has 0 heterocycles. The average Bonchev–Trinajstić information content (AvgIpc) is 2.77. The fraction of sp³-hybridized carbons (Fsp3) is 0.320. The first kappa shape index (κ1) is 23.8. The van der Waals surface area contributed by atoms with Gasteiger partial charge in [0, 0.05) is 24.7 Å². The Morgan fingerprint density at radius 2 is 1.71 bits per heavy atom. The highest BCUT2D eigenvalue weighted by molar-refractivity contribution is 5.72. The molecule has 2 aromatic carbocycles. The zero-order valence-corrected chi connectivity index (χ0v) is 18.3. The van der Waals surface area contributed by atoms with Crippen molar-refractivity contribution in [2.24, 2.45) is 0 Å². The van der Waals surface area contributed by atoms with Crippen LogP contribution < -0.4 is 14.2 Å². The third kappa shape index (κ3) is 8.07. The van der Waals surface area contributed by atoms with Crippen molar-refractivity contribution >= 4 is 5.97 Å². The highest BCUT2D eigenvalue weighted by Gasteiger charge is 2.17. The maximum atomic E-state index is 11.2. The molecule has 2 rings (SSSR count). The Bertz CT molecular complexity index is 914. The molecule has 0 amide bonds. The van der Waals surface area contributed by atoms with E-state index in [1.807, 2.05) is 49.4 Å². The van der Waals surface area contributed by atoms with E-state index in [0.29, 0.717) is 30.3 Å². The van der Waals surface area contributed by atoms with E-state index >= 15 is 0 Å². The van der Waals surface area contributed by atoms with Gasteiger partial charge < -0.3 is 24.1 Å². The van der Waals surface area contributed by atoms with Gasteiger partial charge in [-0.25, -0.2) is 4.79 Å². The van der Waals surface area contributed by atoms with Crippen LogP contribution >= 0.6 is 0 Å². The molecular weight excluding hydrogens is 396 g/mol. The van der Waals surface area contributed by atoms with E-state index in [0.717, 1.165) is 11.1 Å². The van der Waals surface area contributed by atoms with Gasteiger partial charge in [0.2, 0.25) is 0 Å². The van der Waals surface area contributed by atoms with Crippen LogP contribution in [-0.2, 0) is 16.0 Å². The summed E-state index contributed by atoms with van der Waals surface area (Å²) in [5.41, 5.74) is 1.66. The second-order valence-corrected chi connectivity index (χ2v) is 6.68. The topological polar surface area (TPSA) is 74.2 Å². The van der Waals surface area contributed by atoms with E-state index in [1.54, 1.807) is 33.3 Å². The molecule has 0 saturated carbocycles. The van der Waals surface area contributed by atoms with Crippen LogP contribution in [0.4, 0.5) is 0 Å². The molecular formula is C25H28O6. The van der Waals surface area contributed by atoms with E-state index in [2.05, 4.69) is 11.8 Å². The molecule has 164 valence electrons. The molecule has 2 atom stereocenters. The molecule has 0 aliphatic rings. The Balaban J connectivity index is 1.93. The predicted molar refractivity (Wildman–Crippen MR) is 119 cm³/mol. The molecule has 6 heteroatoms. The van der Waals surface area contributed by atoms with Gasteiger partial charge in [-0.2, -0.15) is 0 Å². The van der Waals surface area contributed by atoms with Gasteiger partial charge in [-0.1, -0.05) is 24.0 Å². The summed E-state index contributed by atoms with van der Waals surface area (Å²) in [6.45, 7) is 4.05. The van der Waals surface area contributed by atoms with Crippen LogP contribution in [0, 0.1) is 11.8 Å². The first-order chi connectivity index (χ1) is 14.9. The van der Waals surface area contributed by atoms with Crippen molar-refractivity contribution in [1.82, 2.24) is 0 Å². The van der Waals surface area contributed by atoms with Gasteiger partial charge in [0.1, 0.15) is 23.4 Å². The standard InChI is InChI=1S/C25H28O6/c1-5-30-24(25(26)27)16-19-10-12-21(13-11-19)31-18(2)8-6-7-9-20-14-22(28-3)17-23(15-20)29-4/h6,8,10-15,17-18,24H,5,16H2,1-4H3,(H,26,27)/t18?,24-/m0/s1. The maximum absolute atomic E-state index is 11.2. The summed E-state index contributed by atoms with van der Waals surface area (Å²) >= 11 is 0. The molecule has 0 bridgehead atoms. The number of methoxy groups -OCH3 is 2. The number of benzene rings is 2. The minimum Gasteiger partial charge on any atom is -0.497 e. The Hall–Kier alpha value is -3.43. The van der Waals surface area contributed by atoms with Crippen molar-refractivity contribution < 1.29 is 28.8 Å². The molecule has 0 aliphatic carbocycles. The van der Waals surface area contributed by atoms with E-state index in [1.165, 1.54) is 0 Å². The quantitative estimate of drug-likeness (QED) is 0.579. The third-order valence-electron chi connectivity index (χ3n) is 4.33. The van der Waals surface area contributed by atoms with E-state index in [4.69, 9.17) is 18.9 Å². The second kappa shape index (κ2) is 12.3. The summed E-state index contributed by atoms with van der Waals surface area (Å²) < 4.78 is 21.6. The third-order valence-corrected chi connectivity index (χ3v) is 4.33. The van der Waals surface area contributed by atoms with Crippen molar-refractivity contribution in [3.05, 3.63) is 65.7 Å². The lowest BCUT2D eigenvalue weighted by Crippen LogP contribution is -2.26. The SMILES string of the molecule is CCO[C@@H](Cc1ccc(OC(C)C=CC#Cc2cc(OC)cc(OC)c2)cc1)C(=O)O. The molecule has 6 nitrogen and oxygen atoms in total. The van der Waals surface area contributed by atoms with Crippen molar-refractivity contribution in [2.75, 3.05) is 20.8 Å². The Morgan fingerprint density at radius 3 is 2.26 bits per heavy atom. The van der Waals surface area contributed by atoms with Gasteiger partial charge in [0.15, 0.2) is 6.10 Å². The molecule has 31 heavy (non-hydrogen) atoms. The summed E-state index contributed by atoms with van der Waals surface area (Å²) in [4.78, 5) is 11.2. The fourth-order valence-corrected chi connectivity index (χ4v) is 2.78. The van der Waals surface area contributed by atoms with Crippen LogP contribution in [-0.4, -0.2) is 44.1 Å². The number of hydrogen-bond acceptors (Lipinski definition) is 5. The fourth-order valence-electron chi connectivity index (χ4n) is 2.78. The normalized spacial score (nSPS) is 12.5. The minimum absolute atomic E-state index is 0.185. The first-order valence-electron chi connectivity index (χ1n) is 9.96. The molecule has 0 fully saturated rings. The molecule has 2 aromatic rings. The molecule has 1 N–H and O–H groups in total. The number of carbonyl (C=O) groups is 1. The Kier molecular flexibility index (Phi) is 9.47. The van der Waals surface area contributed by atoms with Gasteiger partial charge >= 0.3 is 5.97 Å². The summed E-state index contributed by atoms with van der Waals surface area (Å²) in [6.07, 6.45) is 2.87. The zero-order chi connectivity index (χ0) is 22.6. The largest absolute Gasteiger partial charge is 0.497 e. The average molecular weight is 424 g/mol. The molecule has 0 aliphatic heterocycles. The Morgan fingerprint density at radius 1 is 1.06 bits per heavy atom. The van der Waals surface area contributed by atoms with Gasteiger partial charge in [-0.15, -0.1) is 0 Å². The van der Waals surface area contributed by atoms with Crippen LogP contribution in [0.2, 0.25) is 0 Å². The lowest BCUT2D eigenvalue weighted by Gasteiger charge is -2.14. The van der Waals surface area contributed by atoms with E-state index < -0.39 is 12.1 Å². The van der Waals surface area contributed by atoms with Crippen molar-refractivity contribution in [3.8, 4) is 29.1 Å². The van der Waals surface area contributed by atoms with E-state index in [-0.39, 0.29) is 6.10 Å². The van der Waals surface area contributed by atoms with Crippen LogP contribution in [0.5, 0.6) is 17.2 Å². The molecule has 0 saturated heterocycles. The molecule has 0 radical (unpaired) electrons. The summed E-state index contributed by atoms with van der Waals surface area (Å²) in [5, 5.41) is 9.19. The summed E-state index contributed by atoms with van der Waals surface area (Å²) in [7, 11) is 3.20. The lowest BCUT2D eigenvalue weighted by molar-refractivity contribution is -0.149. The van der Waals surface area contributed by atoms with Gasteiger partial charge in [0.05, 0.1) is 14.2 Å². The summed E-state index contributed by atoms with van der Waals surface area (Å²) in [5.74, 6) is 7.12. The Labute approximate surface area is 183 Å². The zero-order valence-electron chi connectivity index (χ0n) is 18.3. The van der Waals surface area contributed by atoms with Gasteiger partial charge in [-0.3, -0.25) is 0 Å². The predicted octanol–water partition coefficient (Wildman–Crippen LogP) is 4.11. The number of rotatable bonds is 10. The number of ether oxygens (including phenoxy) is 4. The maximum Gasteiger partial charge on any atom is 0.333 e. The lowest BCUT2D eigenvalue weighted by atomic mass is 10.1. The van der Waals surface area contributed by atoms with Gasteiger partial charge in [-0.05, 0) is 55.8 Å². The molecule has 1 unspecified atom stereocenters. The number of carboxylic acids is 1. The minimum atomic E-state index is -0.963. The van der Waals surface area contributed by atoms with Crippen molar-refractivity contribution in [1.29, 1.82) is 0 Å². The number of aliphatic carboxylic acids is 1. The number of hydrogen-bond donors (Lipinski definition) is 1. The number of allylic oxidation sites excluding steroid dienone is 1. The van der Waals surface area contributed by atoms with Crippen LogP contribution in [0.15, 0.2) is 54.6 Å². The number of carboxylic acid groups (broad SMARTS) is 1. The second-order valence-electron chi connectivity index (χ2n) is 6.68. The van der Waals surface area contributed by atoms with Crippen LogP contribution in [0.3, 0.4) is 0 Å². The smallest absolute Gasteiger partial charge is 0.333 e. The highest BCUT2D eigenvalue weighted by Crippen LogP contribution is 2.21. The van der Waals surface area contributed by atoms with E-state index in [9.17, 15) is 9.90 Å². The monoisotopic (exact) mass is 424 g/mol.